The van der Waals surface area contributed by atoms with E-state index in [1.165, 1.54) is 30.6 Å². The fraction of sp³-hybridized carbons (Fsp3) is 0.500. The van der Waals surface area contributed by atoms with E-state index < -0.39 is 0 Å². The highest BCUT2D eigenvalue weighted by molar-refractivity contribution is 7.97. The molecule has 2 aliphatic carbocycles. The van der Waals surface area contributed by atoms with Gasteiger partial charge in [-0.25, -0.2) is 9.29 Å². The molecule has 2 heterocycles. The van der Waals surface area contributed by atoms with Gasteiger partial charge in [0, 0.05) is 30.7 Å². The Morgan fingerprint density at radius 3 is 2.57 bits per heavy atom. The van der Waals surface area contributed by atoms with Crippen LogP contribution >= 0.6 is 11.9 Å². The molecule has 0 saturated heterocycles. The van der Waals surface area contributed by atoms with Gasteiger partial charge in [0.2, 0.25) is 11.9 Å². The van der Waals surface area contributed by atoms with E-state index >= 15 is 0 Å². The molecule has 1 unspecified atom stereocenters. The molecule has 1 aliphatic heterocycles. The third kappa shape index (κ3) is 3.98. The summed E-state index contributed by atoms with van der Waals surface area (Å²) in [5.74, 6) is 2.15. The number of anilines is 4. The van der Waals surface area contributed by atoms with Gasteiger partial charge < -0.3 is 15.1 Å². The summed E-state index contributed by atoms with van der Waals surface area (Å²) in [5, 5.41) is 3.31. The molecule has 1 aromatic carbocycles. The summed E-state index contributed by atoms with van der Waals surface area (Å²) in [5.41, 5.74) is 1.71. The van der Waals surface area contributed by atoms with Gasteiger partial charge in [-0.1, -0.05) is 12.8 Å². The van der Waals surface area contributed by atoms with Crippen molar-refractivity contribution in [3.8, 4) is 0 Å². The van der Waals surface area contributed by atoms with Crippen molar-refractivity contribution in [1.29, 1.82) is 0 Å². The Balaban J connectivity index is 1.31. The summed E-state index contributed by atoms with van der Waals surface area (Å²) in [6.07, 6.45) is 7.71. The molecule has 0 radical (unpaired) electrons. The first-order chi connectivity index (χ1) is 14.5. The van der Waals surface area contributed by atoms with Crippen LogP contribution in [-0.4, -0.2) is 53.4 Å². The number of likely N-dealkylation sites (N-methyl/N-ethyl adjacent to an activating group) is 2. The molecular formula is C22H28N6OS. The molecule has 7 nitrogen and oxygen atoms in total. The first-order valence-corrected chi connectivity index (χ1v) is 11.4. The average molecular weight is 425 g/mol. The molecule has 8 heteroatoms. The molecule has 1 atom stereocenters. The topological polar surface area (TPSA) is 64.6 Å². The normalized spacial score (nSPS) is 21.2. The highest BCUT2D eigenvalue weighted by Crippen LogP contribution is 2.40. The zero-order valence-corrected chi connectivity index (χ0v) is 18.5. The van der Waals surface area contributed by atoms with Crippen molar-refractivity contribution in [3.63, 3.8) is 0 Å². The SMILES string of the molecule is CN1C(=O)C(CC2CC2)N(C)c2nc(Nc3ccc(SN(C)C4CC4)cc3)ncc21. The zero-order chi connectivity index (χ0) is 20.8. The Bertz CT molecular complexity index is 943. The van der Waals surface area contributed by atoms with Crippen LogP contribution in [-0.2, 0) is 4.79 Å². The van der Waals surface area contributed by atoms with Crippen molar-refractivity contribution >= 4 is 41.0 Å². The predicted molar refractivity (Wildman–Crippen MR) is 121 cm³/mol. The molecule has 2 fully saturated rings. The number of fused-ring (bicyclic) bond motifs is 1. The number of carbonyl (C=O) groups excluding carboxylic acids is 1. The highest BCUT2D eigenvalue weighted by atomic mass is 32.2. The van der Waals surface area contributed by atoms with Gasteiger partial charge in [0.15, 0.2) is 5.82 Å². The summed E-state index contributed by atoms with van der Waals surface area (Å²) in [4.78, 5) is 27.0. The summed E-state index contributed by atoms with van der Waals surface area (Å²) >= 11 is 1.79. The van der Waals surface area contributed by atoms with E-state index in [1.54, 1.807) is 23.0 Å². The molecular weight excluding hydrogens is 396 g/mol. The monoisotopic (exact) mass is 424 g/mol. The summed E-state index contributed by atoms with van der Waals surface area (Å²) in [6, 6.07) is 8.94. The van der Waals surface area contributed by atoms with E-state index in [4.69, 9.17) is 4.98 Å². The second kappa shape index (κ2) is 7.74. The number of amides is 1. The molecule has 5 rings (SSSR count). The van der Waals surface area contributed by atoms with Crippen LogP contribution in [0.3, 0.4) is 0 Å². The minimum absolute atomic E-state index is 0.130. The van der Waals surface area contributed by atoms with Crippen LogP contribution in [0.4, 0.5) is 23.1 Å². The molecule has 2 saturated carbocycles. The smallest absolute Gasteiger partial charge is 0.249 e. The van der Waals surface area contributed by atoms with Gasteiger partial charge in [-0.05, 0) is 68.4 Å². The largest absolute Gasteiger partial charge is 0.346 e. The highest BCUT2D eigenvalue weighted by Gasteiger charge is 2.39. The van der Waals surface area contributed by atoms with Gasteiger partial charge in [-0.15, -0.1) is 0 Å². The van der Waals surface area contributed by atoms with Crippen LogP contribution in [0.5, 0.6) is 0 Å². The maximum Gasteiger partial charge on any atom is 0.249 e. The molecule has 1 amide bonds. The second-order valence-corrected chi connectivity index (χ2v) is 9.85. The number of benzene rings is 1. The lowest BCUT2D eigenvalue weighted by Gasteiger charge is -2.38. The van der Waals surface area contributed by atoms with E-state index in [1.807, 2.05) is 19.0 Å². The molecule has 2 aromatic rings. The van der Waals surface area contributed by atoms with Gasteiger partial charge in [0.1, 0.15) is 11.7 Å². The van der Waals surface area contributed by atoms with E-state index in [0.717, 1.165) is 29.7 Å². The van der Waals surface area contributed by atoms with Crippen molar-refractivity contribution in [2.24, 2.45) is 5.92 Å². The molecule has 1 aromatic heterocycles. The molecule has 3 aliphatic rings. The summed E-state index contributed by atoms with van der Waals surface area (Å²) in [7, 11) is 5.94. The second-order valence-electron chi connectivity index (χ2n) is 8.62. The van der Waals surface area contributed by atoms with Gasteiger partial charge in [-0.2, -0.15) is 4.98 Å². The molecule has 30 heavy (non-hydrogen) atoms. The lowest BCUT2D eigenvalue weighted by molar-refractivity contribution is -0.120. The van der Waals surface area contributed by atoms with Crippen LogP contribution in [0.2, 0.25) is 0 Å². The van der Waals surface area contributed by atoms with Crippen molar-refractivity contribution in [2.75, 3.05) is 36.3 Å². The molecule has 1 N–H and O–H groups in total. The zero-order valence-electron chi connectivity index (χ0n) is 17.7. The van der Waals surface area contributed by atoms with Gasteiger partial charge in [0.05, 0.1) is 6.20 Å². The average Bonchev–Trinajstić information content (AvgIpc) is 3.64. The van der Waals surface area contributed by atoms with E-state index in [0.29, 0.717) is 11.9 Å². The number of nitrogens with one attached hydrogen (secondary N) is 1. The number of rotatable bonds is 7. The molecule has 0 spiro atoms. The third-order valence-corrected chi connectivity index (χ3v) is 7.27. The number of aromatic nitrogens is 2. The minimum Gasteiger partial charge on any atom is -0.346 e. The Morgan fingerprint density at radius 2 is 1.90 bits per heavy atom. The van der Waals surface area contributed by atoms with Gasteiger partial charge in [-0.3, -0.25) is 4.79 Å². The van der Waals surface area contributed by atoms with Crippen LogP contribution < -0.4 is 15.1 Å². The molecule has 158 valence electrons. The van der Waals surface area contributed by atoms with Crippen molar-refractivity contribution in [2.45, 2.75) is 49.1 Å². The van der Waals surface area contributed by atoms with Crippen molar-refractivity contribution < 1.29 is 4.79 Å². The summed E-state index contributed by atoms with van der Waals surface area (Å²) in [6.45, 7) is 0. The summed E-state index contributed by atoms with van der Waals surface area (Å²) < 4.78 is 2.33. The Kier molecular flexibility index (Phi) is 5.06. The lowest BCUT2D eigenvalue weighted by Crippen LogP contribution is -2.51. The standard InChI is InChI=1S/C22H28N6OS/c1-26-18(12-14-4-5-14)21(29)27(2)19-13-23-22(25-20(19)26)24-15-6-10-17(11-7-15)30-28(3)16-8-9-16/h6-7,10-11,13-14,16,18H,4-5,8-9,12H2,1-3H3,(H,23,24,25). The Labute approximate surface area is 182 Å². The fourth-order valence-corrected chi connectivity index (χ4v) is 4.86. The number of hydrogen-bond donors (Lipinski definition) is 1. The number of hydrogen-bond acceptors (Lipinski definition) is 7. The van der Waals surface area contributed by atoms with Crippen LogP contribution in [0, 0.1) is 5.92 Å². The van der Waals surface area contributed by atoms with E-state index in [-0.39, 0.29) is 11.9 Å². The van der Waals surface area contributed by atoms with Crippen LogP contribution in [0.25, 0.3) is 0 Å². The fourth-order valence-electron chi connectivity index (χ4n) is 3.91. The Morgan fingerprint density at radius 1 is 1.17 bits per heavy atom. The van der Waals surface area contributed by atoms with Crippen LogP contribution in [0.1, 0.15) is 32.1 Å². The quantitative estimate of drug-likeness (QED) is 0.676. The van der Waals surface area contributed by atoms with Crippen molar-refractivity contribution in [3.05, 3.63) is 30.5 Å². The first kappa shape index (κ1) is 19.6. The predicted octanol–water partition coefficient (Wildman–Crippen LogP) is 3.90. The lowest BCUT2D eigenvalue weighted by atomic mass is 10.0. The van der Waals surface area contributed by atoms with Gasteiger partial charge in [0.25, 0.3) is 0 Å². The number of nitrogens with zero attached hydrogens (tertiary/aromatic N) is 5. The third-order valence-electron chi connectivity index (χ3n) is 6.20. The maximum atomic E-state index is 12.8. The Hall–Kier alpha value is -2.32. The van der Waals surface area contributed by atoms with Gasteiger partial charge >= 0.3 is 0 Å². The van der Waals surface area contributed by atoms with E-state index in [9.17, 15) is 4.79 Å². The number of carbonyl (C=O) groups is 1. The van der Waals surface area contributed by atoms with E-state index in [2.05, 4.69) is 45.9 Å². The minimum atomic E-state index is -0.141. The first-order valence-electron chi connectivity index (χ1n) is 10.6. The molecule has 0 bridgehead atoms. The maximum absolute atomic E-state index is 12.8. The van der Waals surface area contributed by atoms with Crippen LogP contribution in [0.15, 0.2) is 35.4 Å². The van der Waals surface area contributed by atoms with Crippen molar-refractivity contribution in [1.82, 2.24) is 14.3 Å².